The van der Waals surface area contributed by atoms with Gasteiger partial charge in [-0.15, -0.1) is 0 Å². The lowest BCUT2D eigenvalue weighted by atomic mass is 10.1. The van der Waals surface area contributed by atoms with Gasteiger partial charge in [-0.2, -0.15) is 0 Å². The third kappa shape index (κ3) is 3.00. The standard InChI is InChI=1S/C13H8Cl2F2N2S/c14-7-2-1-3-8(15)11(7)19-12-9(16)4-6(13(18)20)5-10(12)17/h1-5,19H,(H2,18,20). The molecule has 0 bridgehead atoms. The first-order valence-corrected chi connectivity index (χ1v) is 6.56. The van der Waals surface area contributed by atoms with Crippen molar-refractivity contribution < 1.29 is 8.78 Å². The second kappa shape index (κ2) is 5.91. The maximum absolute atomic E-state index is 13.9. The SMILES string of the molecule is NC(=S)c1cc(F)c(Nc2c(Cl)cccc2Cl)c(F)c1. The van der Waals surface area contributed by atoms with Crippen molar-refractivity contribution in [1.29, 1.82) is 0 Å². The minimum Gasteiger partial charge on any atom is -0.389 e. The fourth-order valence-corrected chi connectivity index (χ4v) is 2.19. The zero-order valence-corrected chi connectivity index (χ0v) is 12.2. The van der Waals surface area contributed by atoms with Gasteiger partial charge in [0.25, 0.3) is 0 Å². The van der Waals surface area contributed by atoms with E-state index in [1.807, 2.05) is 0 Å². The van der Waals surface area contributed by atoms with Gasteiger partial charge in [0.2, 0.25) is 0 Å². The summed E-state index contributed by atoms with van der Waals surface area (Å²) >= 11 is 16.5. The van der Waals surface area contributed by atoms with E-state index in [0.717, 1.165) is 12.1 Å². The highest BCUT2D eigenvalue weighted by Crippen LogP contribution is 2.34. The highest BCUT2D eigenvalue weighted by molar-refractivity contribution is 7.80. The first kappa shape index (κ1) is 15.0. The highest BCUT2D eigenvalue weighted by atomic mass is 35.5. The Kier molecular flexibility index (Phi) is 4.42. The Morgan fingerprint density at radius 2 is 1.55 bits per heavy atom. The molecule has 3 N–H and O–H groups in total. The lowest BCUT2D eigenvalue weighted by Crippen LogP contribution is -2.11. The molecular weight excluding hydrogens is 325 g/mol. The second-order valence-corrected chi connectivity index (χ2v) is 5.16. The van der Waals surface area contributed by atoms with Gasteiger partial charge in [-0.1, -0.05) is 41.5 Å². The van der Waals surface area contributed by atoms with Crippen LogP contribution in [0.2, 0.25) is 10.0 Å². The van der Waals surface area contributed by atoms with E-state index in [2.05, 4.69) is 17.5 Å². The number of benzene rings is 2. The van der Waals surface area contributed by atoms with Crippen LogP contribution in [0.4, 0.5) is 20.2 Å². The smallest absolute Gasteiger partial charge is 0.150 e. The van der Waals surface area contributed by atoms with Crippen LogP contribution in [0.25, 0.3) is 0 Å². The average Bonchev–Trinajstić information content (AvgIpc) is 2.36. The molecule has 104 valence electrons. The molecule has 20 heavy (non-hydrogen) atoms. The van der Waals surface area contributed by atoms with Crippen LogP contribution in [0.5, 0.6) is 0 Å². The molecule has 2 aromatic carbocycles. The molecule has 0 spiro atoms. The van der Waals surface area contributed by atoms with Crippen LogP contribution in [-0.4, -0.2) is 4.99 Å². The van der Waals surface area contributed by atoms with Crippen molar-refractivity contribution in [3.63, 3.8) is 0 Å². The minimum absolute atomic E-state index is 0.0925. The summed E-state index contributed by atoms with van der Waals surface area (Å²) < 4.78 is 27.8. The van der Waals surface area contributed by atoms with E-state index >= 15 is 0 Å². The Bertz CT molecular complexity index is 649. The van der Waals surface area contributed by atoms with E-state index in [-0.39, 0.29) is 32.0 Å². The fourth-order valence-electron chi connectivity index (χ4n) is 1.58. The molecule has 0 fully saturated rings. The summed E-state index contributed by atoms with van der Waals surface area (Å²) in [6.45, 7) is 0. The predicted octanol–water partition coefficient (Wildman–Crippen LogP) is 4.65. The van der Waals surface area contributed by atoms with Crippen molar-refractivity contribution >= 4 is 51.8 Å². The molecule has 2 nitrogen and oxygen atoms in total. The Morgan fingerprint density at radius 1 is 1.05 bits per heavy atom. The zero-order chi connectivity index (χ0) is 14.9. The number of halogens is 4. The molecule has 0 heterocycles. The molecule has 2 aromatic rings. The van der Waals surface area contributed by atoms with Crippen LogP contribution < -0.4 is 11.1 Å². The number of nitrogens with two attached hydrogens (primary N) is 1. The van der Waals surface area contributed by atoms with Crippen molar-refractivity contribution in [3.8, 4) is 0 Å². The first-order valence-electron chi connectivity index (χ1n) is 5.40. The maximum Gasteiger partial charge on any atom is 0.150 e. The molecule has 0 saturated carbocycles. The van der Waals surface area contributed by atoms with Crippen LogP contribution in [0, 0.1) is 11.6 Å². The van der Waals surface area contributed by atoms with Crippen LogP contribution in [-0.2, 0) is 0 Å². The van der Waals surface area contributed by atoms with Gasteiger partial charge in [-0.3, -0.25) is 0 Å². The third-order valence-corrected chi connectivity index (χ3v) is 3.41. The highest BCUT2D eigenvalue weighted by Gasteiger charge is 2.15. The van der Waals surface area contributed by atoms with Crippen LogP contribution in [0.1, 0.15) is 5.56 Å². The topological polar surface area (TPSA) is 38.0 Å². The summed E-state index contributed by atoms with van der Waals surface area (Å²) in [6.07, 6.45) is 0. The average molecular weight is 333 g/mol. The predicted molar refractivity (Wildman–Crippen MR) is 82.0 cm³/mol. The zero-order valence-electron chi connectivity index (χ0n) is 9.88. The van der Waals surface area contributed by atoms with Crippen molar-refractivity contribution in [2.45, 2.75) is 0 Å². The van der Waals surface area contributed by atoms with Gasteiger partial charge in [0.1, 0.15) is 22.3 Å². The van der Waals surface area contributed by atoms with Gasteiger partial charge < -0.3 is 11.1 Å². The molecule has 0 radical (unpaired) electrons. The fraction of sp³-hybridized carbons (Fsp3) is 0. The Balaban J connectivity index is 2.47. The lowest BCUT2D eigenvalue weighted by Gasteiger charge is -2.13. The molecule has 7 heteroatoms. The van der Waals surface area contributed by atoms with Crippen LogP contribution in [0.15, 0.2) is 30.3 Å². The minimum atomic E-state index is -0.844. The lowest BCUT2D eigenvalue weighted by molar-refractivity contribution is 0.590. The van der Waals surface area contributed by atoms with Gasteiger partial charge in [0.15, 0.2) is 0 Å². The third-order valence-electron chi connectivity index (χ3n) is 2.54. The van der Waals surface area contributed by atoms with Gasteiger partial charge >= 0.3 is 0 Å². The van der Waals surface area contributed by atoms with Crippen LogP contribution in [0.3, 0.4) is 0 Å². The monoisotopic (exact) mass is 332 g/mol. The molecule has 0 aliphatic rings. The summed E-state index contributed by atoms with van der Waals surface area (Å²) in [5, 5.41) is 3.04. The molecule has 0 aromatic heterocycles. The summed E-state index contributed by atoms with van der Waals surface area (Å²) in [5.74, 6) is -1.69. The normalized spacial score (nSPS) is 10.4. The molecule has 0 aliphatic heterocycles. The molecule has 0 aliphatic carbocycles. The summed E-state index contributed by atoms with van der Waals surface area (Å²) in [4.78, 5) is -0.0925. The van der Waals surface area contributed by atoms with Crippen molar-refractivity contribution in [3.05, 3.63) is 57.6 Å². The summed E-state index contributed by atoms with van der Waals surface area (Å²) in [7, 11) is 0. The Hall–Kier alpha value is -1.43. The van der Waals surface area contributed by atoms with E-state index in [0.29, 0.717) is 0 Å². The van der Waals surface area contributed by atoms with E-state index in [1.54, 1.807) is 18.2 Å². The van der Waals surface area contributed by atoms with Gasteiger partial charge in [-0.25, -0.2) is 8.78 Å². The molecule has 0 atom stereocenters. The molecule has 0 unspecified atom stereocenters. The number of hydrogen-bond acceptors (Lipinski definition) is 2. The molecule has 0 saturated heterocycles. The Morgan fingerprint density at radius 3 is 2.00 bits per heavy atom. The summed E-state index contributed by atoms with van der Waals surface area (Å²) in [5.41, 5.74) is 5.28. The maximum atomic E-state index is 13.9. The number of anilines is 2. The van der Waals surface area contributed by atoms with Crippen molar-refractivity contribution in [2.24, 2.45) is 5.73 Å². The van der Waals surface area contributed by atoms with Gasteiger partial charge in [0.05, 0.1) is 15.7 Å². The molecule has 2 rings (SSSR count). The number of rotatable bonds is 3. The Labute approximate surface area is 129 Å². The van der Waals surface area contributed by atoms with Gasteiger partial charge in [0, 0.05) is 5.56 Å². The quantitative estimate of drug-likeness (QED) is 0.803. The molecule has 0 amide bonds. The van der Waals surface area contributed by atoms with Gasteiger partial charge in [-0.05, 0) is 24.3 Å². The number of para-hydroxylation sites is 1. The van der Waals surface area contributed by atoms with E-state index in [4.69, 9.17) is 28.9 Å². The number of hydrogen-bond donors (Lipinski definition) is 2. The largest absolute Gasteiger partial charge is 0.389 e. The molecular formula is C13H8Cl2F2N2S. The van der Waals surface area contributed by atoms with Crippen molar-refractivity contribution in [2.75, 3.05) is 5.32 Å². The van der Waals surface area contributed by atoms with E-state index < -0.39 is 11.6 Å². The number of thiocarbonyl (C=S) groups is 1. The van der Waals surface area contributed by atoms with E-state index in [9.17, 15) is 8.78 Å². The summed E-state index contributed by atoms with van der Waals surface area (Å²) in [6, 6.07) is 6.80. The second-order valence-electron chi connectivity index (χ2n) is 3.90. The first-order chi connectivity index (χ1) is 9.40. The number of nitrogens with one attached hydrogen (secondary N) is 1. The van der Waals surface area contributed by atoms with Crippen molar-refractivity contribution in [1.82, 2.24) is 0 Å². The van der Waals surface area contributed by atoms with E-state index in [1.165, 1.54) is 0 Å². The van der Waals surface area contributed by atoms with Crippen LogP contribution >= 0.6 is 35.4 Å².